The smallest absolute Gasteiger partial charge is 0.203 e. The van der Waals surface area contributed by atoms with E-state index in [1.54, 1.807) is 33.7 Å². The number of benzene rings is 1. The van der Waals surface area contributed by atoms with Gasteiger partial charge in [-0.3, -0.25) is 0 Å². The van der Waals surface area contributed by atoms with Gasteiger partial charge in [0.1, 0.15) is 0 Å². The lowest BCUT2D eigenvalue weighted by molar-refractivity contribution is 0.323. The normalized spacial score (nSPS) is 10.7. The summed E-state index contributed by atoms with van der Waals surface area (Å²) in [6, 6.07) is 3.87. The minimum Gasteiger partial charge on any atom is -0.493 e. The van der Waals surface area contributed by atoms with Crippen molar-refractivity contribution in [1.29, 1.82) is 0 Å². The molecule has 0 radical (unpaired) electrons. The second kappa shape index (κ2) is 6.66. The fourth-order valence-electron chi connectivity index (χ4n) is 2.65. The summed E-state index contributed by atoms with van der Waals surface area (Å²) in [5.41, 5.74) is 1.01. The minimum absolute atomic E-state index is 0.582. The number of ether oxygens (including phenoxy) is 3. The highest BCUT2D eigenvalue weighted by Crippen LogP contribution is 2.38. The summed E-state index contributed by atoms with van der Waals surface area (Å²) in [4.78, 5) is 8.79. The van der Waals surface area contributed by atoms with Crippen molar-refractivity contribution in [1.82, 2.24) is 19.1 Å². The Balaban J connectivity index is 1.98. The number of methoxy groups -OCH3 is 3. The minimum atomic E-state index is 0.582. The van der Waals surface area contributed by atoms with E-state index in [9.17, 15) is 0 Å². The predicted molar refractivity (Wildman–Crippen MR) is 89.6 cm³/mol. The Hall–Kier alpha value is -2.96. The number of aryl methyl sites for hydroxylation is 1. The third kappa shape index (κ3) is 2.80. The molecule has 0 saturated heterocycles. The number of nitrogens with zero attached hydrogens (tertiary/aromatic N) is 4. The number of imidazole rings is 2. The van der Waals surface area contributed by atoms with Crippen LogP contribution in [-0.2, 0) is 13.6 Å². The molecule has 0 atom stereocenters. The highest BCUT2D eigenvalue weighted by atomic mass is 16.5. The molecule has 7 heteroatoms. The maximum absolute atomic E-state index is 5.41. The third-order valence-electron chi connectivity index (χ3n) is 3.81. The molecule has 0 saturated carbocycles. The van der Waals surface area contributed by atoms with Crippen LogP contribution in [0.4, 0.5) is 0 Å². The first kappa shape index (κ1) is 15.9. The van der Waals surface area contributed by atoms with Gasteiger partial charge in [0.05, 0.1) is 21.3 Å². The van der Waals surface area contributed by atoms with E-state index in [4.69, 9.17) is 14.2 Å². The van der Waals surface area contributed by atoms with Crippen LogP contribution < -0.4 is 14.2 Å². The topological polar surface area (TPSA) is 63.3 Å². The van der Waals surface area contributed by atoms with Gasteiger partial charge < -0.3 is 23.3 Å². The lowest BCUT2D eigenvalue weighted by Gasteiger charge is -2.15. The second-order valence-electron chi connectivity index (χ2n) is 5.27. The molecule has 3 rings (SSSR count). The summed E-state index contributed by atoms with van der Waals surface area (Å²) in [6.45, 7) is 0.610. The van der Waals surface area contributed by atoms with Crippen LogP contribution in [0, 0.1) is 0 Å². The zero-order chi connectivity index (χ0) is 17.1. The van der Waals surface area contributed by atoms with Gasteiger partial charge in [-0.05, 0) is 17.7 Å². The molecule has 24 heavy (non-hydrogen) atoms. The zero-order valence-corrected chi connectivity index (χ0v) is 14.2. The molecule has 2 heterocycles. The molecule has 0 aliphatic rings. The zero-order valence-electron chi connectivity index (χ0n) is 14.2. The first-order chi connectivity index (χ1) is 11.7. The van der Waals surface area contributed by atoms with Crippen molar-refractivity contribution in [3.05, 3.63) is 42.5 Å². The molecule has 0 amide bonds. The molecule has 0 aliphatic heterocycles. The molecule has 0 bridgehead atoms. The molecule has 0 unspecified atom stereocenters. The Kier molecular flexibility index (Phi) is 4.41. The van der Waals surface area contributed by atoms with Gasteiger partial charge in [0.2, 0.25) is 5.75 Å². The average Bonchev–Trinajstić information content (AvgIpc) is 3.22. The second-order valence-corrected chi connectivity index (χ2v) is 5.27. The molecule has 0 aliphatic carbocycles. The van der Waals surface area contributed by atoms with Gasteiger partial charge in [0.25, 0.3) is 0 Å². The lowest BCUT2D eigenvalue weighted by atomic mass is 10.1. The molecule has 3 aromatic rings. The van der Waals surface area contributed by atoms with E-state index in [2.05, 4.69) is 9.97 Å². The molecule has 0 fully saturated rings. The van der Waals surface area contributed by atoms with Crippen LogP contribution in [-0.4, -0.2) is 40.4 Å². The van der Waals surface area contributed by atoms with Gasteiger partial charge in [-0.25, -0.2) is 9.97 Å². The largest absolute Gasteiger partial charge is 0.493 e. The van der Waals surface area contributed by atoms with Gasteiger partial charge in [-0.15, -0.1) is 0 Å². The average molecular weight is 328 g/mol. The summed E-state index contributed by atoms with van der Waals surface area (Å²) in [7, 11) is 6.76. The number of hydrogen-bond donors (Lipinski definition) is 0. The molecule has 1 aromatic carbocycles. The maximum atomic E-state index is 5.41. The van der Waals surface area contributed by atoms with Crippen molar-refractivity contribution < 1.29 is 14.2 Å². The molecule has 0 N–H and O–H groups in total. The molecule has 2 aromatic heterocycles. The predicted octanol–water partition coefficient (Wildman–Crippen LogP) is 2.36. The third-order valence-corrected chi connectivity index (χ3v) is 3.81. The van der Waals surface area contributed by atoms with Crippen molar-refractivity contribution in [2.75, 3.05) is 21.3 Å². The van der Waals surface area contributed by atoms with Crippen molar-refractivity contribution >= 4 is 0 Å². The first-order valence-corrected chi connectivity index (χ1v) is 7.45. The monoisotopic (exact) mass is 328 g/mol. The molecule has 126 valence electrons. The van der Waals surface area contributed by atoms with Gasteiger partial charge in [0, 0.05) is 38.4 Å². The number of rotatable bonds is 6. The van der Waals surface area contributed by atoms with Crippen LogP contribution in [0.2, 0.25) is 0 Å². The Bertz CT molecular complexity index is 813. The van der Waals surface area contributed by atoms with E-state index < -0.39 is 0 Å². The van der Waals surface area contributed by atoms with E-state index in [1.165, 1.54) is 0 Å². The first-order valence-electron chi connectivity index (χ1n) is 7.45. The molecule has 0 spiro atoms. The highest BCUT2D eigenvalue weighted by Gasteiger charge is 2.15. The number of aromatic nitrogens is 4. The number of hydrogen-bond acceptors (Lipinski definition) is 5. The quantitative estimate of drug-likeness (QED) is 0.695. The van der Waals surface area contributed by atoms with E-state index in [1.807, 2.05) is 40.7 Å². The van der Waals surface area contributed by atoms with Crippen molar-refractivity contribution in [2.45, 2.75) is 6.54 Å². The standard InChI is InChI=1S/C17H20N4O3/c1-20-7-5-18-16(20)17-19-6-8-21(17)11-12-9-13(22-2)15(24-4)14(10-12)23-3/h5-10H,11H2,1-4H3. The van der Waals surface area contributed by atoms with Crippen LogP contribution in [0.15, 0.2) is 36.9 Å². The lowest BCUT2D eigenvalue weighted by Crippen LogP contribution is -2.05. The Morgan fingerprint density at radius 1 is 0.875 bits per heavy atom. The van der Waals surface area contributed by atoms with E-state index in [0.29, 0.717) is 23.8 Å². The Morgan fingerprint density at radius 3 is 2.04 bits per heavy atom. The van der Waals surface area contributed by atoms with Gasteiger partial charge in [0.15, 0.2) is 23.1 Å². The maximum Gasteiger partial charge on any atom is 0.203 e. The summed E-state index contributed by atoms with van der Waals surface area (Å²) in [6.07, 6.45) is 7.34. The van der Waals surface area contributed by atoms with Crippen LogP contribution >= 0.6 is 0 Å². The SMILES string of the molecule is COc1cc(Cn2ccnc2-c2nccn2C)cc(OC)c1OC. The fourth-order valence-corrected chi connectivity index (χ4v) is 2.65. The van der Waals surface area contributed by atoms with Crippen molar-refractivity contribution in [3.63, 3.8) is 0 Å². The Labute approximate surface area is 140 Å². The van der Waals surface area contributed by atoms with E-state index >= 15 is 0 Å². The molecular weight excluding hydrogens is 308 g/mol. The fraction of sp³-hybridized carbons (Fsp3) is 0.294. The Morgan fingerprint density at radius 2 is 1.50 bits per heavy atom. The van der Waals surface area contributed by atoms with Gasteiger partial charge in [-0.1, -0.05) is 0 Å². The van der Waals surface area contributed by atoms with Crippen molar-refractivity contribution in [3.8, 4) is 28.9 Å². The van der Waals surface area contributed by atoms with E-state index in [0.717, 1.165) is 17.2 Å². The van der Waals surface area contributed by atoms with Crippen molar-refractivity contribution in [2.24, 2.45) is 7.05 Å². The van der Waals surface area contributed by atoms with Crippen LogP contribution in [0.5, 0.6) is 17.2 Å². The van der Waals surface area contributed by atoms with E-state index in [-0.39, 0.29) is 0 Å². The van der Waals surface area contributed by atoms with Crippen LogP contribution in [0.3, 0.4) is 0 Å². The summed E-state index contributed by atoms with van der Waals surface area (Å²) in [5, 5.41) is 0. The van der Waals surface area contributed by atoms with Crippen LogP contribution in [0.1, 0.15) is 5.56 Å². The molecule has 7 nitrogen and oxygen atoms in total. The highest BCUT2D eigenvalue weighted by molar-refractivity contribution is 5.54. The van der Waals surface area contributed by atoms with Gasteiger partial charge in [-0.2, -0.15) is 0 Å². The van der Waals surface area contributed by atoms with Gasteiger partial charge >= 0.3 is 0 Å². The summed E-state index contributed by atoms with van der Waals surface area (Å²) in [5.74, 6) is 3.46. The summed E-state index contributed by atoms with van der Waals surface area (Å²) < 4.78 is 20.2. The van der Waals surface area contributed by atoms with Crippen LogP contribution in [0.25, 0.3) is 11.6 Å². The summed E-state index contributed by atoms with van der Waals surface area (Å²) >= 11 is 0. The molecular formula is C17H20N4O3.